The van der Waals surface area contributed by atoms with E-state index in [2.05, 4.69) is 15.6 Å². The number of hydrogen-bond donors (Lipinski definition) is 2. The molecule has 22 heavy (non-hydrogen) atoms. The summed E-state index contributed by atoms with van der Waals surface area (Å²) in [6.07, 6.45) is 2.78. The maximum absolute atomic E-state index is 12.2. The second kappa shape index (κ2) is 7.63. The molecule has 1 aliphatic rings. The maximum Gasteiger partial charge on any atom is 0.409 e. The standard InChI is InChI=1S/C15H22N4O3/c1-3-22-15(21)19-8-5-12(6-9-19)18-14(20)11-4-7-17-13(10-11)16-2/h4,7,10,12H,3,5-6,8-9H2,1-2H3,(H,16,17)(H,18,20). The average molecular weight is 306 g/mol. The molecule has 1 aliphatic heterocycles. The molecule has 1 aromatic heterocycles. The van der Waals surface area contributed by atoms with Crippen molar-refractivity contribution in [2.45, 2.75) is 25.8 Å². The number of pyridine rings is 1. The number of aromatic nitrogens is 1. The first-order valence-corrected chi connectivity index (χ1v) is 7.50. The molecule has 0 spiro atoms. The van der Waals surface area contributed by atoms with Gasteiger partial charge in [0.2, 0.25) is 0 Å². The lowest BCUT2D eigenvalue weighted by Gasteiger charge is -2.31. The minimum Gasteiger partial charge on any atom is -0.450 e. The second-order valence-electron chi connectivity index (χ2n) is 5.11. The van der Waals surface area contributed by atoms with Gasteiger partial charge in [0.1, 0.15) is 5.82 Å². The van der Waals surface area contributed by atoms with Crippen LogP contribution in [0.4, 0.5) is 10.6 Å². The molecule has 0 unspecified atom stereocenters. The van der Waals surface area contributed by atoms with Crippen molar-refractivity contribution >= 4 is 17.8 Å². The summed E-state index contributed by atoms with van der Waals surface area (Å²) >= 11 is 0. The van der Waals surface area contributed by atoms with Crippen molar-refractivity contribution in [1.29, 1.82) is 0 Å². The van der Waals surface area contributed by atoms with Crippen molar-refractivity contribution in [3.05, 3.63) is 23.9 Å². The summed E-state index contributed by atoms with van der Waals surface area (Å²) < 4.78 is 4.98. The number of piperidine rings is 1. The molecule has 1 fully saturated rings. The number of likely N-dealkylation sites (tertiary alicyclic amines) is 1. The Balaban J connectivity index is 1.85. The van der Waals surface area contributed by atoms with E-state index in [9.17, 15) is 9.59 Å². The van der Waals surface area contributed by atoms with E-state index in [4.69, 9.17) is 4.74 Å². The first-order chi connectivity index (χ1) is 10.6. The van der Waals surface area contributed by atoms with Gasteiger partial charge in [0.25, 0.3) is 5.91 Å². The van der Waals surface area contributed by atoms with Crippen LogP contribution in [0.1, 0.15) is 30.1 Å². The third-order valence-electron chi connectivity index (χ3n) is 3.63. The fourth-order valence-corrected chi connectivity index (χ4v) is 2.40. The number of anilines is 1. The van der Waals surface area contributed by atoms with Gasteiger partial charge in [-0.05, 0) is 31.9 Å². The van der Waals surface area contributed by atoms with Gasteiger partial charge in [0, 0.05) is 37.9 Å². The molecule has 0 bridgehead atoms. The van der Waals surface area contributed by atoms with Gasteiger partial charge in [-0.15, -0.1) is 0 Å². The van der Waals surface area contributed by atoms with E-state index >= 15 is 0 Å². The molecule has 2 rings (SSSR count). The maximum atomic E-state index is 12.2. The molecule has 1 saturated heterocycles. The van der Waals surface area contributed by atoms with Gasteiger partial charge in [-0.1, -0.05) is 0 Å². The summed E-state index contributed by atoms with van der Waals surface area (Å²) in [5.41, 5.74) is 0.576. The predicted molar refractivity (Wildman–Crippen MR) is 82.9 cm³/mol. The molecule has 2 N–H and O–H groups in total. The molecule has 2 heterocycles. The fraction of sp³-hybridized carbons (Fsp3) is 0.533. The first-order valence-electron chi connectivity index (χ1n) is 7.50. The molecule has 2 amide bonds. The molecule has 120 valence electrons. The van der Waals surface area contributed by atoms with Crippen LogP contribution in [0.3, 0.4) is 0 Å². The van der Waals surface area contributed by atoms with Gasteiger partial charge < -0.3 is 20.3 Å². The lowest BCUT2D eigenvalue weighted by Crippen LogP contribution is -2.46. The van der Waals surface area contributed by atoms with Gasteiger partial charge in [0.05, 0.1) is 6.61 Å². The minimum absolute atomic E-state index is 0.0735. The summed E-state index contributed by atoms with van der Waals surface area (Å²) in [4.78, 5) is 29.6. The third kappa shape index (κ3) is 4.09. The molecule has 7 heteroatoms. The second-order valence-corrected chi connectivity index (χ2v) is 5.11. The van der Waals surface area contributed by atoms with E-state index in [-0.39, 0.29) is 18.0 Å². The van der Waals surface area contributed by atoms with E-state index in [1.54, 1.807) is 37.2 Å². The summed E-state index contributed by atoms with van der Waals surface area (Å²) in [5.74, 6) is 0.540. The van der Waals surface area contributed by atoms with Crippen molar-refractivity contribution in [3.63, 3.8) is 0 Å². The average Bonchev–Trinajstić information content (AvgIpc) is 2.55. The lowest BCUT2D eigenvalue weighted by molar-refractivity contribution is 0.0860. The Kier molecular flexibility index (Phi) is 5.57. The van der Waals surface area contributed by atoms with E-state index < -0.39 is 0 Å². The van der Waals surface area contributed by atoms with E-state index in [0.717, 1.165) is 12.8 Å². The number of hydrogen-bond acceptors (Lipinski definition) is 5. The Hall–Kier alpha value is -2.31. The van der Waals surface area contributed by atoms with Crippen LogP contribution in [0.5, 0.6) is 0 Å². The molecular formula is C15H22N4O3. The van der Waals surface area contributed by atoms with Gasteiger partial charge in [0.15, 0.2) is 0 Å². The summed E-state index contributed by atoms with van der Waals surface area (Å²) in [7, 11) is 1.76. The van der Waals surface area contributed by atoms with Crippen molar-refractivity contribution in [2.24, 2.45) is 0 Å². The van der Waals surface area contributed by atoms with Crippen molar-refractivity contribution in [3.8, 4) is 0 Å². The largest absolute Gasteiger partial charge is 0.450 e. The number of ether oxygens (including phenoxy) is 1. The molecule has 7 nitrogen and oxygen atoms in total. The van der Waals surface area contributed by atoms with Gasteiger partial charge in [-0.25, -0.2) is 9.78 Å². The minimum atomic E-state index is -0.278. The van der Waals surface area contributed by atoms with E-state index in [1.807, 2.05) is 0 Å². The Labute approximate surface area is 130 Å². The molecule has 0 saturated carbocycles. The highest BCUT2D eigenvalue weighted by molar-refractivity contribution is 5.95. The summed E-state index contributed by atoms with van der Waals surface area (Å²) in [5, 5.41) is 5.91. The van der Waals surface area contributed by atoms with E-state index in [1.165, 1.54) is 0 Å². The quantitative estimate of drug-likeness (QED) is 0.880. The highest BCUT2D eigenvalue weighted by Crippen LogP contribution is 2.13. The van der Waals surface area contributed by atoms with Gasteiger partial charge in [-0.3, -0.25) is 4.79 Å². The Morgan fingerprint density at radius 2 is 2.14 bits per heavy atom. The number of rotatable bonds is 4. The van der Waals surface area contributed by atoms with Crippen LogP contribution in [0.2, 0.25) is 0 Å². The predicted octanol–water partition coefficient (Wildman–Crippen LogP) is 1.47. The summed E-state index contributed by atoms with van der Waals surface area (Å²) in [6.45, 7) is 3.37. The number of carbonyl (C=O) groups is 2. The van der Waals surface area contributed by atoms with Crippen LogP contribution in [-0.2, 0) is 4.74 Å². The van der Waals surface area contributed by atoms with Crippen LogP contribution in [0, 0.1) is 0 Å². The van der Waals surface area contributed by atoms with Gasteiger partial charge in [-0.2, -0.15) is 0 Å². The van der Waals surface area contributed by atoms with Crippen LogP contribution < -0.4 is 10.6 Å². The lowest BCUT2D eigenvalue weighted by atomic mass is 10.0. The van der Waals surface area contributed by atoms with Crippen LogP contribution >= 0.6 is 0 Å². The smallest absolute Gasteiger partial charge is 0.409 e. The third-order valence-corrected chi connectivity index (χ3v) is 3.63. The molecule has 0 aromatic carbocycles. The molecule has 0 radical (unpaired) electrons. The fourth-order valence-electron chi connectivity index (χ4n) is 2.40. The normalized spacial score (nSPS) is 15.3. The van der Waals surface area contributed by atoms with E-state index in [0.29, 0.717) is 31.1 Å². The molecular weight excluding hydrogens is 284 g/mol. The number of nitrogens with zero attached hydrogens (tertiary/aromatic N) is 2. The van der Waals surface area contributed by atoms with Crippen LogP contribution in [-0.4, -0.2) is 54.7 Å². The zero-order chi connectivity index (χ0) is 15.9. The highest BCUT2D eigenvalue weighted by Gasteiger charge is 2.24. The number of carbonyl (C=O) groups excluding carboxylic acids is 2. The first kappa shape index (κ1) is 16.1. The van der Waals surface area contributed by atoms with Crippen LogP contribution in [0.15, 0.2) is 18.3 Å². The molecule has 1 aromatic rings. The van der Waals surface area contributed by atoms with Gasteiger partial charge >= 0.3 is 6.09 Å². The van der Waals surface area contributed by atoms with Crippen molar-refractivity contribution in [2.75, 3.05) is 32.1 Å². The zero-order valence-electron chi connectivity index (χ0n) is 13.0. The van der Waals surface area contributed by atoms with Crippen molar-refractivity contribution in [1.82, 2.24) is 15.2 Å². The zero-order valence-corrected chi connectivity index (χ0v) is 13.0. The Bertz CT molecular complexity index is 527. The number of nitrogens with one attached hydrogen (secondary N) is 2. The molecule has 0 aliphatic carbocycles. The van der Waals surface area contributed by atoms with Crippen molar-refractivity contribution < 1.29 is 14.3 Å². The summed E-state index contributed by atoms with van der Waals surface area (Å²) in [6, 6.07) is 3.47. The Morgan fingerprint density at radius 3 is 2.77 bits per heavy atom. The monoisotopic (exact) mass is 306 g/mol. The highest BCUT2D eigenvalue weighted by atomic mass is 16.6. The topological polar surface area (TPSA) is 83.6 Å². The SMILES string of the molecule is CCOC(=O)N1CCC(NC(=O)c2ccnc(NC)c2)CC1. The Morgan fingerprint density at radius 1 is 1.41 bits per heavy atom. The van der Waals surface area contributed by atoms with Crippen LogP contribution in [0.25, 0.3) is 0 Å². The molecule has 0 atom stereocenters. The number of amides is 2.